The molecule has 2 fully saturated rings. The molecule has 0 unspecified atom stereocenters. The van der Waals surface area contributed by atoms with Crippen molar-refractivity contribution in [2.45, 2.75) is 150 Å². The van der Waals surface area contributed by atoms with Crippen LogP contribution in [0.1, 0.15) is 81.5 Å². The van der Waals surface area contributed by atoms with E-state index in [2.05, 4.69) is 68.5 Å². The number of para-hydroxylation sites is 1. The second kappa shape index (κ2) is 37.8. The maximum Gasteiger partial charge on any atom is 0.315 e. The highest BCUT2D eigenvalue weighted by molar-refractivity contribution is 8.00. The number of primary amides is 1. The van der Waals surface area contributed by atoms with Gasteiger partial charge in [-0.2, -0.15) is 11.8 Å². The van der Waals surface area contributed by atoms with Crippen molar-refractivity contribution in [3.05, 3.63) is 83.8 Å². The lowest BCUT2D eigenvalue weighted by molar-refractivity contribution is -0.136. The fraction of sp³-hybridized carbons (Fsp3) is 0.565. The molecular formula is C62H90N18O14S. The minimum absolute atomic E-state index is 0.0105. The highest BCUT2D eigenvalue weighted by Crippen LogP contribution is 2.33. The maximum absolute atomic E-state index is 14.7. The van der Waals surface area contributed by atoms with E-state index in [-0.39, 0.29) is 120 Å². The van der Waals surface area contributed by atoms with Crippen LogP contribution in [-0.2, 0) is 90.2 Å². The summed E-state index contributed by atoms with van der Waals surface area (Å²) in [4.78, 5) is 140. The first-order valence-electron chi connectivity index (χ1n) is 32.0. The van der Waals surface area contributed by atoms with Gasteiger partial charge in [-0.1, -0.05) is 60.2 Å². The second-order valence-electron chi connectivity index (χ2n) is 23.5. The number of rotatable bonds is 27. The third kappa shape index (κ3) is 23.8. The molecule has 0 saturated carbocycles. The molecular weight excluding hydrogens is 1250 g/mol. The first-order valence-corrected chi connectivity index (χ1v) is 33.0. The lowest BCUT2D eigenvalue weighted by atomic mass is 10.0. The number of fused-ring (bicyclic) bond motifs is 4. The van der Waals surface area contributed by atoms with Crippen LogP contribution in [0.3, 0.4) is 0 Å². The van der Waals surface area contributed by atoms with E-state index in [0.717, 1.165) is 35.9 Å². The normalized spacial score (nSPS) is 23.5. The number of urea groups is 1. The molecule has 518 valence electrons. The van der Waals surface area contributed by atoms with Crippen molar-refractivity contribution in [1.82, 2.24) is 72.7 Å². The minimum Gasteiger partial charge on any atom is -0.394 e. The number of nitrogens with two attached hydrogens (primary N) is 3. The van der Waals surface area contributed by atoms with Crippen molar-refractivity contribution >= 4 is 87.8 Å². The van der Waals surface area contributed by atoms with Crippen molar-refractivity contribution in [2.24, 2.45) is 29.2 Å². The Labute approximate surface area is 553 Å². The van der Waals surface area contributed by atoms with Crippen LogP contribution in [0.15, 0.2) is 72.0 Å². The van der Waals surface area contributed by atoms with Gasteiger partial charge in [0.25, 0.3) is 0 Å². The van der Waals surface area contributed by atoms with E-state index in [1.807, 2.05) is 34.5 Å². The Balaban J connectivity index is 1.01. The molecule has 2 saturated heterocycles. The van der Waals surface area contributed by atoms with Gasteiger partial charge in [0.15, 0.2) is 5.96 Å². The first kappa shape index (κ1) is 73.5. The van der Waals surface area contributed by atoms with Crippen LogP contribution in [0.25, 0.3) is 10.9 Å². The average Bonchev–Trinajstić information content (AvgIpc) is 1.69. The Bertz CT molecular complexity index is 3280. The summed E-state index contributed by atoms with van der Waals surface area (Å²) in [5, 5.41) is 47.3. The van der Waals surface area contributed by atoms with Crippen LogP contribution in [0.2, 0.25) is 0 Å². The summed E-state index contributed by atoms with van der Waals surface area (Å²) in [5.74, 6) is -6.15. The maximum atomic E-state index is 14.7. The molecule has 33 heteroatoms. The van der Waals surface area contributed by atoms with Crippen molar-refractivity contribution < 1.29 is 67.3 Å². The molecule has 10 atom stereocenters. The number of unbranched alkanes of at least 4 members (excludes halogenated alkanes) is 1. The Hall–Kier alpha value is -8.92. The highest BCUT2D eigenvalue weighted by atomic mass is 32.2. The molecule has 32 nitrogen and oxygen atoms in total. The molecule has 7 rings (SSSR count). The Morgan fingerprint density at radius 3 is 2.13 bits per heavy atom. The number of aliphatic imine (C=N–C) groups is 1. The van der Waals surface area contributed by atoms with Crippen molar-refractivity contribution in [3.63, 3.8) is 0 Å². The van der Waals surface area contributed by atoms with E-state index in [4.69, 9.17) is 31.4 Å². The zero-order chi connectivity index (χ0) is 68.2. The molecule has 2 bridgehead atoms. The van der Waals surface area contributed by atoms with Gasteiger partial charge in [-0.15, -0.1) is 5.10 Å². The number of thioether (sulfide) groups is 1. The number of amides is 11. The Kier molecular flexibility index (Phi) is 29.3. The van der Waals surface area contributed by atoms with E-state index >= 15 is 0 Å². The number of guanidine groups is 1. The molecule has 5 heterocycles. The molecule has 4 aromatic rings. The highest BCUT2D eigenvalue weighted by Gasteiger charge is 2.43. The summed E-state index contributed by atoms with van der Waals surface area (Å²) >= 11 is 1.85. The number of aliphatic hydroxyl groups excluding tert-OH is 1. The number of carbonyl (C=O) groups excluding carboxylic acids is 10. The second-order valence-corrected chi connectivity index (χ2v) is 24.8. The minimum atomic E-state index is -1.61. The predicted molar refractivity (Wildman–Crippen MR) is 349 cm³/mol. The molecule has 3 aliphatic heterocycles. The summed E-state index contributed by atoms with van der Waals surface area (Å²) in [6.45, 7) is 1.33. The van der Waals surface area contributed by atoms with Crippen molar-refractivity contribution in [1.29, 1.82) is 0 Å². The molecule has 0 aliphatic carbocycles. The summed E-state index contributed by atoms with van der Waals surface area (Å²) in [6, 6.07) is 6.44. The zero-order valence-corrected chi connectivity index (χ0v) is 54.3. The smallest absolute Gasteiger partial charge is 0.315 e. The van der Waals surface area contributed by atoms with Gasteiger partial charge >= 0.3 is 6.03 Å². The third-order valence-corrected chi connectivity index (χ3v) is 17.7. The molecule has 2 aromatic heterocycles. The Morgan fingerprint density at radius 2 is 1.38 bits per heavy atom. The molecule has 0 radical (unpaired) electrons. The Morgan fingerprint density at radius 1 is 0.705 bits per heavy atom. The van der Waals surface area contributed by atoms with E-state index in [1.165, 1.54) is 11.6 Å². The standard InChI is InChI=1S/C62H90N18O14S/c1-37-55(85)72-45(30-39-32-79(2)49-18-7-6-15-41(39)49)58(88)74-47(34-81)60(90)70-42(54(63)84)16-10-11-23-80-33-40(77-78-80)31-46(59(89)73-44(29-38-13-4-3-5-14-38)57(87)71-43(56(86)68-37)17-12-21-67-61(64)65)69-52(83)35-94-28-27-93-26-25-92-24-22-66-51(82)20-9-8-19-50-53-48(36-95-50)75-62(91)76-53/h3-7,13-15,18,32-33,37,42-48,50,53,81H,8-12,16-17,19-31,34-36H2,1-2H3,(H2,63,84)(H,66,82)(H,68,86)(H,69,83)(H,70,90)(H,71,87)(H,72,85)(H,73,89)(H,74,88)(H4,64,65,67)(H2,75,76,91)/t37-,42+,43-,44-,45+,46+,47-,48+,50+,53+/m1/s1. The van der Waals surface area contributed by atoms with Gasteiger partial charge in [-0.05, 0) is 69.1 Å². The SMILES string of the molecule is C[C@H]1NC(=O)[C@@H](CCCN=C(N)N)NC(=O)[C@@H](Cc2ccccc2)NC(=O)[C@@H](NC(=O)COCCOCCOCCNC(=O)CCCC[C@@H]2SC[C@@H]3NC(=O)N[C@@H]32)Cc2cn(nn2)CCCC[C@@H](C(N)=O)NC(=O)[C@@H](CO)NC(=O)[C@H](Cc2cn(C)c3ccccc23)NC1=O. The van der Waals surface area contributed by atoms with Crippen LogP contribution in [0.4, 0.5) is 4.79 Å². The number of nitrogens with one attached hydrogen (secondary N) is 10. The first-order chi connectivity index (χ1) is 45.7. The number of aryl methyl sites for hydroxylation is 2. The summed E-state index contributed by atoms with van der Waals surface area (Å²) in [7, 11) is 1.80. The van der Waals surface area contributed by atoms with Gasteiger partial charge in [0, 0.05) is 86.7 Å². The third-order valence-electron chi connectivity index (χ3n) is 16.2. The van der Waals surface area contributed by atoms with Gasteiger partial charge in [-0.3, -0.25) is 52.8 Å². The number of ether oxygens (including phenoxy) is 3. The van der Waals surface area contributed by atoms with E-state index in [0.29, 0.717) is 42.2 Å². The molecule has 17 N–H and O–H groups in total. The molecule has 95 heavy (non-hydrogen) atoms. The van der Waals surface area contributed by atoms with Gasteiger partial charge in [0.05, 0.1) is 57.4 Å². The summed E-state index contributed by atoms with van der Waals surface area (Å²) < 4.78 is 20.1. The summed E-state index contributed by atoms with van der Waals surface area (Å²) in [6.07, 6.45) is 6.59. The van der Waals surface area contributed by atoms with Gasteiger partial charge < -0.3 is 94.3 Å². The van der Waals surface area contributed by atoms with Gasteiger partial charge in [0.2, 0.25) is 53.2 Å². The van der Waals surface area contributed by atoms with Gasteiger partial charge in [-0.25, -0.2) is 4.79 Å². The fourth-order valence-electron chi connectivity index (χ4n) is 11.1. The van der Waals surface area contributed by atoms with Crippen LogP contribution < -0.4 is 70.4 Å². The monoisotopic (exact) mass is 1340 g/mol. The largest absolute Gasteiger partial charge is 0.394 e. The van der Waals surface area contributed by atoms with Crippen LogP contribution in [0, 0.1) is 0 Å². The fourth-order valence-corrected chi connectivity index (χ4v) is 12.7. The lowest BCUT2D eigenvalue weighted by Crippen LogP contribution is -2.60. The van der Waals surface area contributed by atoms with Crippen LogP contribution in [-0.4, -0.2) is 215 Å². The molecule has 0 spiro atoms. The lowest BCUT2D eigenvalue weighted by Gasteiger charge is -2.27. The molecule has 2 aromatic carbocycles. The van der Waals surface area contributed by atoms with Crippen molar-refractivity contribution in [3.8, 4) is 0 Å². The number of aromatic nitrogens is 4. The topological polar surface area (TPSA) is 465 Å². The van der Waals surface area contributed by atoms with Crippen molar-refractivity contribution in [2.75, 3.05) is 65.1 Å². The van der Waals surface area contributed by atoms with Crippen LogP contribution in [0.5, 0.6) is 0 Å². The van der Waals surface area contributed by atoms with Gasteiger partial charge in [0.1, 0.15) is 48.9 Å². The van der Waals surface area contributed by atoms with Crippen LogP contribution >= 0.6 is 11.8 Å². The predicted octanol–water partition coefficient (Wildman–Crippen LogP) is -3.18. The number of hydrogen-bond acceptors (Lipinski definition) is 18. The number of benzene rings is 2. The number of hydrogen-bond donors (Lipinski definition) is 14. The summed E-state index contributed by atoms with van der Waals surface area (Å²) in [5.41, 5.74) is 19.2. The molecule has 3 aliphatic rings. The molecule has 11 amide bonds. The zero-order valence-electron chi connectivity index (χ0n) is 53.5. The van der Waals surface area contributed by atoms with E-state index in [9.17, 15) is 53.1 Å². The van der Waals surface area contributed by atoms with E-state index in [1.54, 1.807) is 55.8 Å². The number of carbonyl (C=O) groups is 10. The number of nitrogens with zero attached hydrogens (tertiary/aromatic N) is 5. The quantitative estimate of drug-likeness (QED) is 0.0121. The number of aliphatic hydroxyl groups is 1. The average molecular weight is 1340 g/mol. The van der Waals surface area contributed by atoms with E-state index < -0.39 is 103 Å².